The first kappa shape index (κ1) is 13.8. The molecule has 3 nitrogen and oxygen atoms in total. The zero-order chi connectivity index (χ0) is 14.2. The number of hydrogen-bond acceptors (Lipinski definition) is 3. The molecule has 0 bridgehead atoms. The van der Waals surface area contributed by atoms with E-state index in [1.54, 1.807) is 0 Å². The Balaban J connectivity index is 2.26. The van der Waals surface area contributed by atoms with Crippen molar-refractivity contribution in [1.82, 2.24) is 0 Å². The third-order valence-electron chi connectivity index (χ3n) is 3.26. The van der Waals surface area contributed by atoms with E-state index in [1.165, 1.54) is 0 Å². The highest BCUT2D eigenvalue weighted by atomic mass is 35.5. The van der Waals surface area contributed by atoms with Gasteiger partial charge in [-0.15, -0.1) is 0 Å². The molecule has 3 N–H and O–H groups in total. The Hall–Kier alpha value is -1.61. The lowest BCUT2D eigenvalue weighted by molar-refractivity contribution is 0.500. The normalized spacial score (nSPS) is 12.5. The highest BCUT2D eigenvalue weighted by molar-refractivity contribution is 6.33. The van der Waals surface area contributed by atoms with Crippen molar-refractivity contribution in [2.75, 3.05) is 11.1 Å². The van der Waals surface area contributed by atoms with Gasteiger partial charge in [0.1, 0.15) is 11.5 Å². The van der Waals surface area contributed by atoms with Crippen molar-refractivity contribution in [2.24, 2.45) is 0 Å². The first-order valence-corrected chi connectivity index (χ1v) is 6.65. The summed E-state index contributed by atoms with van der Waals surface area (Å²) in [5, 5.41) is 4.02. The van der Waals surface area contributed by atoms with Crippen LogP contribution >= 0.6 is 11.6 Å². The molecule has 0 fully saturated rings. The molecule has 4 heteroatoms. The molecular formula is C15H19ClN2O. The van der Waals surface area contributed by atoms with E-state index in [4.69, 9.17) is 21.8 Å². The third-order valence-corrected chi connectivity index (χ3v) is 3.59. The van der Waals surface area contributed by atoms with E-state index in [9.17, 15) is 0 Å². The maximum Gasteiger partial charge on any atom is 0.106 e. The highest BCUT2D eigenvalue weighted by Crippen LogP contribution is 2.30. The average molecular weight is 279 g/mol. The first-order valence-electron chi connectivity index (χ1n) is 6.27. The van der Waals surface area contributed by atoms with E-state index in [2.05, 4.69) is 18.3 Å². The van der Waals surface area contributed by atoms with Gasteiger partial charge in [-0.1, -0.05) is 11.6 Å². The van der Waals surface area contributed by atoms with Crippen molar-refractivity contribution in [3.63, 3.8) is 0 Å². The van der Waals surface area contributed by atoms with Gasteiger partial charge in [0.15, 0.2) is 0 Å². The van der Waals surface area contributed by atoms with Gasteiger partial charge < -0.3 is 15.5 Å². The number of nitrogen functional groups attached to an aromatic ring is 1. The Kier molecular flexibility index (Phi) is 3.76. The van der Waals surface area contributed by atoms with Crippen LogP contribution in [0.3, 0.4) is 0 Å². The molecule has 1 aromatic carbocycles. The van der Waals surface area contributed by atoms with E-state index in [1.807, 2.05) is 32.9 Å². The Morgan fingerprint density at radius 3 is 2.47 bits per heavy atom. The molecule has 1 atom stereocenters. The number of aryl methyl sites for hydroxylation is 3. The van der Waals surface area contributed by atoms with Crippen LogP contribution in [0.15, 0.2) is 22.6 Å². The van der Waals surface area contributed by atoms with Crippen LogP contribution in [0.1, 0.15) is 35.6 Å². The van der Waals surface area contributed by atoms with Crippen LogP contribution in [-0.4, -0.2) is 0 Å². The minimum Gasteiger partial charge on any atom is -0.466 e. The molecule has 2 rings (SSSR count). The standard InChI is InChI=1S/C15H19ClN2O/c1-8-5-14(17)13(16)7-15(8)18-10(3)12-6-9(2)19-11(12)4/h5-7,10,18H,17H2,1-4H3. The monoisotopic (exact) mass is 278 g/mol. The molecule has 0 aliphatic carbocycles. The van der Waals surface area contributed by atoms with Crippen LogP contribution in [-0.2, 0) is 0 Å². The molecule has 0 saturated heterocycles. The summed E-state index contributed by atoms with van der Waals surface area (Å²) in [7, 11) is 0. The topological polar surface area (TPSA) is 51.2 Å². The van der Waals surface area contributed by atoms with Gasteiger partial charge in [0.2, 0.25) is 0 Å². The minimum absolute atomic E-state index is 0.149. The van der Waals surface area contributed by atoms with Crippen molar-refractivity contribution in [3.05, 3.63) is 45.9 Å². The molecular weight excluding hydrogens is 260 g/mol. The number of benzene rings is 1. The second kappa shape index (κ2) is 5.17. The highest BCUT2D eigenvalue weighted by Gasteiger charge is 2.14. The molecule has 0 aliphatic rings. The molecule has 0 spiro atoms. The second-order valence-electron chi connectivity index (χ2n) is 4.92. The SMILES string of the molecule is Cc1cc(C(C)Nc2cc(Cl)c(N)cc2C)c(C)o1. The predicted molar refractivity (Wildman–Crippen MR) is 80.8 cm³/mol. The molecule has 0 radical (unpaired) electrons. The van der Waals surface area contributed by atoms with E-state index in [0.717, 1.165) is 28.3 Å². The van der Waals surface area contributed by atoms with Gasteiger partial charge in [-0.2, -0.15) is 0 Å². The molecule has 0 saturated carbocycles. The van der Waals surface area contributed by atoms with Gasteiger partial charge in [-0.05, 0) is 51.5 Å². The van der Waals surface area contributed by atoms with Crippen molar-refractivity contribution in [3.8, 4) is 0 Å². The fraction of sp³-hybridized carbons (Fsp3) is 0.333. The van der Waals surface area contributed by atoms with Gasteiger partial charge in [0.25, 0.3) is 0 Å². The van der Waals surface area contributed by atoms with Gasteiger partial charge in [0, 0.05) is 11.3 Å². The Bertz CT molecular complexity index is 604. The summed E-state index contributed by atoms with van der Waals surface area (Å²) in [5.41, 5.74) is 9.61. The third kappa shape index (κ3) is 2.87. The molecule has 19 heavy (non-hydrogen) atoms. The van der Waals surface area contributed by atoms with Crippen molar-refractivity contribution >= 4 is 23.0 Å². The minimum atomic E-state index is 0.149. The van der Waals surface area contributed by atoms with Gasteiger partial charge in [-0.25, -0.2) is 0 Å². The Morgan fingerprint density at radius 1 is 1.21 bits per heavy atom. The number of furan rings is 1. The number of nitrogens with one attached hydrogen (secondary N) is 1. The lowest BCUT2D eigenvalue weighted by Gasteiger charge is -2.17. The van der Waals surface area contributed by atoms with Crippen LogP contribution in [0.2, 0.25) is 5.02 Å². The summed E-state index contributed by atoms with van der Waals surface area (Å²) in [6, 6.07) is 5.95. The van der Waals surface area contributed by atoms with E-state index < -0.39 is 0 Å². The Labute approximate surface area is 118 Å². The lowest BCUT2D eigenvalue weighted by Crippen LogP contribution is -2.08. The van der Waals surface area contributed by atoms with E-state index in [0.29, 0.717) is 10.7 Å². The quantitative estimate of drug-likeness (QED) is 0.806. The fourth-order valence-electron chi connectivity index (χ4n) is 2.25. The average Bonchev–Trinajstić information content (AvgIpc) is 2.65. The van der Waals surface area contributed by atoms with E-state index >= 15 is 0 Å². The smallest absolute Gasteiger partial charge is 0.106 e. The van der Waals surface area contributed by atoms with Crippen molar-refractivity contribution in [2.45, 2.75) is 33.7 Å². The summed E-state index contributed by atoms with van der Waals surface area (Å²) in [6.07, 6.45) is 0. The largest absolute Gasteiger partial charge is 0.466 e. The van der Waals surface area contributed by atoms with Crippen LogP contribution in [0, 0.1) is 20.8 Å². The van der Waals surface area contributed by atoms with Crippen LogP contribution in [0.5, 0.6) is 0 Å². The van der Waals surface area contributed by atoms with Crippen molar-refractivity contribution < 1.29 is 4.42 Å². The summed E-state index contributed by atoms with van der Waals surface area (Å²) < 4.78 is 5.56. The van der Waals surface area contributed by atoms with Crippen LogP contribution in [0.25, 0.3) is 0 Å². The van der Waals surface area contributed by atoms with E-state index in [-0.39, 0.29) is 6.04 Å². The zero-order valence-corrected chi connectivity index (χ0v) is 12.4. The van der Waals surface area contributed by atoms with Gasteiger partial charge in [-0.3, -0.25) is 0 Å². The van der Waals surface area contributed by atoms with Crippen LogP contribution < -0.4 is 11.1 Å². The zero-order valence-electron chi connectivity index (χ0n) is 11.7. The summed E-state index contributed by atoms with van der Waals surface area (Å²) >= 11 is 6.07. The molecule has 2 aromatic rings. The van der Waals surface area contributed by atoms with Crippen molar-refractivity contribution in [1.29, 1.82) is 0 Å². The first-order chi connectivity index (χ1) is 8.88. The molecule has 1 heterocycles. The number of rotatable bonds is 3. The molecule has 0 amide bonds. The molecule has 1 unspecified atom stereocenters. The van der Waals surface area contributed by atoms with Crippen LogP contribution in [0.4, 0.5) is 11.4 Å². The number of nitrogens with two attached hydrogens (primary N) is 1. The maximum absolute atomic E-state index is 6.07. The summed E-state index contributed by atoms with van der Waals surface area (Å²) in [6.45, 7) is 8.04. The summed E-state index contributed by atoms with van der Waals surface area (Å²) in [4.78, 5) is 0. The second-order valence-corrected chi connectivity index (χ2v) is 5.33. The summed E-state index contributed by atoms with van der Waals surface area (Å²) in [5.74, 6) is 1.87. The molecule has 0 aliphatic heterocycles. The molecule has 102 valence electrons. The fourth-order valence-corrected chi connectivity index (χ4v) is 2.41. The van der Waals surface area contributed by atoms with Gasteiger partial charge >= 0.3 is 0 Å². The Morgan fingerprint density at radius 2 is 1.89 bits per heavy atom. The molecule has 1 aromatic heterocycles. The van der Waals surface area contributed by atoms with Gasteiger partial charge in [0.05, 0.1) is 16.8 Å². The number of halogens is 1. The number of anilines is 2. The lowest BCUT2D eigenvalue weighted by atomic mass is 10.1. The number of hydrogen-bond donors (Lipinski definition) is 2. The predicted octanol–water partition coefficient (Wildman–Crippen LogP) is 4.61. The maximum atomic E-state index is 6.07.